The topological polar surface area (TPSA) is 74.2 Å². The SMILES string of the molecule is CC(C)c1nc(COc2ccccc2[C@H](C)N)no1. The summed E-state index contributed by atoms with van der Waals surface area (Å²) in [6.45, 7) is 6.21. The molecule has 5 heteroatoms. The van der Waals surface area contributed by atoms with Gasteiger partial charge in [-0.05, 0) is 13.0 Å². The van der Waals surface area contributed by atoms with E-state index in [4.69, 9.17) is 15.0 Å². The molecule has 0 radical (unpaired) electrons. The number of aromatic nitrogens is 2. The van der Waals surface area contributed by atoms with E-state index in [9.17, 15) is 0 Å². The zero-order chi connectivity index (χ0) is 13.8. The van der Waals surface area contributed by atoms with Crippen LogP contribution in [-0.2, 0) is 6.61 Å². The molecule has 0 fully saturated rings. The second kappa shape index (κ2) is 5.84. The molecule has 0 aliphatic heterocycles. The van der Waals surface area contributed by atoms with E-state index in [2.05, 4.69) is 10.1 Å². The first-order valence-corrected chi connectivity index (χ1v) is 6.37. The number of ether oxygens (including phenoxy) is 1. The van der Waals surface area contributed by atoms with Gasteiger partial charge in [-0.15, -0.1) is 0 Å². The molecule has 0 amide bonds. The molecule has 102 valence electrons. The average Bonchev–Trinajstić information content (AvgIpc) is 2.85. The van der Waals surface area contributed by atoms with Gasteiger partial charge < -0.3 is 15.0 Å². The number of rotatable bonds is 5. The molecule has 19 heavy (non-hydrogen) atoms. The number of hydrogen-bond acceptors (Lipinski definition) is 5. The monoisotopic (exact) mass is 261 g/mol. The zero-order valence-electron chi connectivity index (χ0n) is 11.5. The predicted molar refractivity (Wildman–Crippen MR) is 71.8 cm³/mol. The van der Waals surface area contributed by atoms with Crippen LogP contribution in [0.2, 0.25) is 0 Å². The van der Waals surface area contributed by atoms with E-state index < -0.39 is 0 Å². The molecule has 0 spiro atoms. The van der Waals surface area contributed by atoms with Crippen LogP contribution in [0.4, 0.5) is 0 Å². The Labute approximate surface area is 112 Å². The Kier molecular flexibility index (Phi) is 4.16. The lowest BCUT2D eigenvalue weighted by molar-refractivity contribution is 0.281. The van der Waals surface area contributed by atoms with Gasteiger partial charge in [0.15, 0.2) is 6.61 Å². The highest BCUT2D eigenvalue weighted by Gasteiger charge is 2.12. The average molecular weight is 261 g/mol. The summed E-state index contributed by atoms with van der Waals surface area (Å²) in [6, 6.07) is 7.62. The lowest BCUT2D eigenvalue weighted by Crippen LogP contribution is -2.08. The Hall–Kier alpha value is -1.88. The predicted octanol–water partition coefficient (Wildman–Crippen LogP) is 2.79. The zero-order valence-corrected chi connectivity index (χ0v) is 11.5. The second-order valence-electron chi connectivity index (χ2n) is 4.82. The molecule has 1 aromatic carbocycles. The fourth-order valence-electron chi connectivity index (χ4n) is 1.69. The van der Waals surface area contributed by atoms with E-state index >= 15 is 0 Å². The molecule has 2 rings (SSSR count). The third-order valence-corrected chi connectivity index (χ3v) is 2.74. The van der Waals surface area contributed by atoms with Gasteiger partial charge >= 0.3 is 0 Å². The minimum atomic E-state index is -0.0762. The summed E-state index contributed by atoms with van der Waals surface area (Å²) < 4.78 is 10.8. The van der Waals surface area contributed by atoms with E-state index in [1.807, 2.05) is 45.0 Å². The van der Waals surface area contributed by atoms with Gasteiger partial charge in [-0.2, -0.15) is 4.98 Å². The molecule has 0 saturated heterocycles. The maximum Gasteiger partial charge on any atom is 0.229 e. The fourth-order valence-corrected chi connectivity index (χ4v) is 1.69. The maximum absolute atomic E-state index is 5.90. The van der Waals surface area contributed by atoms with Crippen molar-refractivity contribution in [3.8, 4) is 5.75 Å². The van der Waals surface area contributed by atoms with E-state index in [-0.39, 0.29) is 18.6 Å². The molecule has 2 aromatic rings. The molecular formula is C14H19N3O2. The standard InChI is InChI=1S/C14H19N3O2/c1-9(2)14-16-13(17-19-14)8-18-12-7-5-4-6-11(12)10(3)15/h4-7,9-10H,8,15H2,1-3H3/t10-/m0/s1. The summed E-state index contributed by atoms with van der Waals surface area (Å²) in [4.78, 5) is 4.27. The van der Waals surface area contributed by atoms with Gasteiger partial charge in [-0.1, -0.05) is 37.2 Å². The van der Waals surface area contributed by atoms with Gasteiger partial charge in [-0.25, -0.2) is 0 Å². The van der Waals surface area contributed by atoms with Gasteiger partial charge in [0, 0.05) is 17.5 Å². The van der Waals surface area contributed by atoms with E-state index in [0.717, 1.165) is 11.3 Å². The van der Waals surface area contributed by atoms with Crippen LogP contribution >= 0.6 is 0 Å². The van der Waals surface area contributed by atoms with Crippen molar-refractivity contribution < 1.29 is 9.26 Å². The first-order valence-electron chi connectivity index (χ1n) is 6.37. The van der Waals surface area contributed by atoms with Crippen molar-refractivity contribution in [3.05, 3.63) is 41.5 Å². The summed E-state index contributed by atoms with van der Waals surface area (Å²) in [5.41, 5.74) is 6.87. The highest BCUT2D eigenvalue weighted by atomic mass is 16.5. The number of benzene rings is 1. The summed E-state index contributed by atoms with van der Waals surface area (Å²) in [5, 5.41) is 3.88. The second-order valence-corrected chi connectivity index (χ2v) is 4.82. The van der Waals surface area contributed by atoms with Crippen LogP contribution in [0.1, 0.15) is 50.0 Å². The van der Waals surface area contributed by atoms with Gasteiger partial charge in [0.1, 0.15) is 5.75 Å². The van der Waals surface area contributed by atoms with Crippen LogP contribution in [0.5, 0.6) is 5.75 Å². The molecule has 0 aliphatic rings. The molecule has 0 aliphatic carbocycles. The maximum atomic E-state index is 5.90. The van der Waals surface area contributed by atoms with Crippen LogP contribution in [0.15, 0.2) is 28.8 Å². The fraction of sp³-hybridized carbons (Fsp3) is 0.429. The molecular weight excluding hydrogens is 242 g/mol. The van der Waals surface area contributed by atoms with Gasteiger partial charge in [0.25, 0.3) is 0 Å². The smallest absolute Gasteiger partial charge is 0.229 e. The highest BCUT2D eigenvalue weighted by molar-refractivity contribution is 5.35. The molecule has 5 nitrogen and oxygen atoms in total. The van der Waals surface area contributed by atoms with Crippen LogP contribution in [0.3, 0.4) is 0 Å². The van der Waals surface area contributed by atoms with E-state index in [1.54, 1.807) is 0 Å². The Bertz CT molecular complexity index is 535. The van der Waals surface area contributed by atoms with Crippen LogP contribution < -0.4 is 10.5 Å². The largest absolute Gasteiger partial charge is 0.485 e. The minimum absolute atomic E-state index is 0.0762. The first kappa shape index (κ1) is 13.5. The number of nitrogens with zero attached hydrogens (tertiary/aromatic N) is 2. The summed E-state index contributed by atoms with van der Waals surface area (Å²) in [7, 11) is 0. The lowest BCUT2D eigenvalue weighted by Gasteiger charge is -2.12. The van der Waals surface area contributed by atoms with Crippen LogP contribution in [-0.4, -0.2) is 10.1 Å². The Morgan fingerprint density at radius 1 is 1.26 bits per heavy atom. The van der Waals surface area contributed by atoms with Crippen LogP contribution in [0, 0.1) is 0 Å². The van der Waals surface area contributed by atoms with Crippen molar-refractivity contribution in [2.75, 3.05) is 0 Å². The highest BCUT2D eigenvalue weighted by Crippen LogP contribution is 2.24. The summed E-state index contributed by atoms with van der Waals surface area (Å²) >= 11 is 0. The van der Waals surface area contributed by atoms with E-state index in [0.29, 0.717) is 11.7 Å². The third kappa shape index (κ3) is 3.32. The Morgan fingerprint density at radius 3 is 2.63 bits per heavy atom. The quantitative estimate of drug-likeness (QED) is 0.895. The molecule has 2 N–H and O–H groups in total. The molecule has 0 unspecified atom stereocenters. The molecule has 0 saturated carbocycles. The summed E-state index contributed by atoms with van der Waals surface area (Å²) in [5.74, 6) is 2.15. The van der Waals surface area contributed by atoms with Crippen molar-refractivity contribution in [1.82, 2.24) is 10.1 Å². The summed E-state index contributed by atoms with van der Waals surface area (Å²) in [6.07, 6.45) is 0. The Morgan fingerprint density at radius 2 is 2.00 bits per heavy atom. The van der Waals surface area contributed by atoms with Gasteiger partial charge in [-0.3, -0.25) is 0 Å². The van der Waals surface area contributed by atoms with Crippen LogP contribution in [0.25, 0.3) is 0 Å². The van der Waals surface area contributed by atoms with Gasteiger partial charge in [0.05, 0.1) is 0 Å². The van der Waals surface area contributed by atoms with Crippen molar-refractivity contribution in [3.63, 3.8) is 0 Å². The number of hydrogen-bond donors (Lipinski definition) is 1. The minimum Gasteiger partial charge on any atom is -0.485 e. The molecule has 1 atom stereocenters. The van der Waals surface area contributed by atoms with Crippen molar-refractivity contribution in [2.45, 2.75) is 39.3 Å². The van der Waals surface area contributed by atoms with Crippen molar-refractivity contribution in [2.24, 2.45) is 5.73 Å². The normalized spacial score (nSPS) is 12.7. The van der Waals surface area contributed by atoms with Gasteiger partial charge in [0.2, 0.25) is 11.7 Å². The van der Waals surface area contributed by atoms with E-state index in [1.165, 1.54) is 0 Å². The molecule has 1 aromatic heterocycles. The third-order valence-electron chi connectivity index (χ3n) is 2.74. The number of nitrogens with two attached hydrogens (primary N) is 1. The first-order chi connectivity index (χ1) is 9.08. The van der Waals surface area contributed by atoms with Crippen molar-refractivity contribution >= 4 is 0 Å². The number of para-hydroxylation sites is 1. The molecule has 0 bridgehead atoms. The van der Waals surface area contributed by atoms with Crippen molar-refractivity contribution in [1.29, 1.82) is 0 Å². The lowest BCUT2D eigenvalue weighted by atomic mass is 10.1. The molecule has 1 heterocycles. The Balaban J connectivity index is 2.06.